The molecule has 0 saturated carbocycles. The van der Waals surface area contributed by atoms with Crippen molar-refractivity contribution in [2.45, 2.75) is 58.2 Å². The molecule has 9 heteroatoms. The van der Waals surface area contributed by atoms with Gasteiger partial charge in [-0.1, -0.05) is 6.07 Å². The zero-order valence-corrected chi connectivity index (χ0v) is 22.3. The number of benzene rings is 1. The number of pyridine rings is 1. The molecule has 3 amide bonds. The Morgan fingerprint density at radius 3 is 2.76 bits per heavy atom. The lowest BCUT2D eigenvalue weighted by atomic mass is 9.87. The van der Waals surface area contributed by atoms with E-state index in [4.69, 9.17) is 4.74 Å². The molecule has 1 unspecified atom stereocenters. The largest absolute Gasteiger partial charge is 0.465 e. The summed E-state index contributed by atoms with van der Waals surface area (Å²) in [4.78, 5) is 38.9. The fourth-order valence-corrected chi connectivity index (χ4v) is 6.32. The van der Waals surface area contributed by atoms with Gasteiger partial charge in [-0.25, -0.2) is 14.6 Å². The maximum atomic E-state index is 13.6. The number of morpholine rings is 1. The van der Waals surface area contributed by atoms with Gasteiger partial charge in [0.1, 0.15) is 5.65 Å². The fraction of sp³-hybridized carbons (Fsp3) is 0.483. The molecular weight excluding hydrogens is 482 g/mol. The third-order valence-electron chi connectivity index (χ3n) is 8.27. The summed E-state index contributed by atoms with van der Waals surface area (Å²) in [5, 5.41) is 11.0. The number of carbonyl (C=O) groups excluding carboxylic acids is 1. The van der Waals surface area contributed by atoms with Crippen molar-refractivity contribution in [2.75, 3.05) is 32.8 Å². The molecule has 1 aromatic carbocycles. The zero-order valence-electron chi connectivity index (χ0n) is 22.3. The molecule has 38 heavy (non-hydrogen) atoms. The number of nitrogens with zero attached hydrogens (tertiary/aromatic N) is 4. The molecule has 0 aliphatic carbocycles. The van der Waals surface area contributed by atoms with Crippen molar-refractivity contribution in [3.63, 3.8) is 0 Å². The molecule has 2 saturated heterocycles. The summed E-state index contributed by atoms with van der Waals surface area (Å²) in [6.45, 7) is 9.41. The molecule has 9 nitrogen and oxygen atoms in total. The highest BCUT2D eigenvalue weighted by Crippen LogP contribution is 2.40. The van der Waals surface area contributed by atoms with Gasteiger partial charge in [0.2, 0.25) is 0 Å². The van der Waals surface area contributed by atoms with E-state index in [1.165, 1.54) is 5.56 Å². The van der Waals surface area contributed by atoms with Gasteiger partial charge >= 0.3 is 12.1 Å². The van der Waals surface area contributed by atoms with Crippen LogP contribution in [0.4, 0.5) is 9.59 Å². The first-order valence-corrected chi connectivity index (χ1v) is 13.5. The molecule has 5 heterocycles. The average molecular weight is 518 g/mol. The van der Waals surface area contributed by atoms with E-state index < -0.39 is 6.09 Å². The molecule has 0 radical (unpaired) electrons. The highest BCUT2D eigenvalue weighted by molar-refractivity contribution is 5.85. The van der Waals surface area contributed by atoms with E-state index in [0.29, 0.717) is 39.3 Å². The molecule has 3 aromatic rings. The minimum absolute atomic E-state index is 0.0288. The highest BCUT2D eigenvalue weighted by atomic mass is 16.5. The van der Waals surface area contributed by atoms with Crippen LogP contribution in [0.3, 0.4) is 0 Å². The van der Waals surface area contributed by atoms with Crippen molar-refractivity contribution in [1.29, 1.82) is 0 Å². The highest BCUT2D eigenvalue weighted by Gasteiger charge is 2.36. The lowest BCUT2D eigenvalue weighted by Gasteiger charge is -2.42. The van der Waals surface area contributed by atoms with Crippen LogP contribution in [-0.2, 0) is 17.7 Å². The second kappa shape index (κ2) is 9.31. The van der Waals surface area contributed by atoms with Crippen molar-refractivity contribution >= 4 is 23.2 Å². The Balaban J connectivity index is 1.39. The number of aromatic nitrogens is 2. The van der Waals surface area contributed by atoms with Crippen LogP contribution in [0.25, 0.3) is 22.2 Å². The number of hydrogen-bond donors (Lipinski definition) is 2. The van der Waals surface area contributed by atoms with Gasteiger partial charge in [0.05, 0.1) is 24.8 Å². The normalized spacial score (nSPS) is 21.1. The van der Waals surface area contributed by atoms with E-state index in [1.807, 2.05) is 36.0 Å². The maximum absolute atomic E-state index is 13.6. The van der Waals surface area contributed by atoms with E-state index in [1.54, 1.807) is 4.90 Å². The third kappa shape index (κ3) is 4.38. The topological polar surface area (TPSA) is 102 Å². The molecule has 200 valence electrons. The number of fused-ring (bicyclic) bond motifs is 2. The van der Waals surface area contributed by atoms with Crippen LogP contribution in [0.2, 0.25) is 0 Å². The van der Waals surface area contributed by atoms with Gasteiger partial charge in [-0.05, 0) is 80.0 Å². The molecule has 3 aliphatic rings. The Hall–Kier alpha value is -3.59. The number of carboxylic acid groups (broad SMARTS) is 1. The maximum Gasteiger partial charge on any atom is 0.407 e. The average Bonchev–Trinajstić information content (AvgIpc) is 3.54. The van der Waals surface area contributed by atoms with Gasteiger partial charge in [-0.15, -0.1) is 0 Å². The Kier molecular flexibility index (Phi) is 6.06. The van der Waals surface area contributed by atoms with Crippen molar-refractivity contribution < 1.29 is 19.4 Å². The third-order valence-corrected chi connectivity index (χ3v) is 8.27. The van der Waals surface area contributed by atoms with Gasteiger partial charge in [0, 0.05) is 49.5 Å². The van der Waals surface area contributed by atoms with Crippen LogP contribution >= 0.6 is 0 Å². The van der Waals surface area contributed by atoms with Crippen LogP contribution < -0.4 is 0 Å². The number of carbonyl (C=O) groups is 2. The number of amides is 3. The first-order chi connectivity index (χ1) is 18.2. The van der Waals surface area contributed by atoms with Crippen LogP contribution in [0.15, 0.2) is 30.6 Å². The molecule has 6 rings (SSSR count). The minimum atomic E-state index is -0.892. The summed E-state index contributed by atoms with van der Waals surface area (Å²) in [7, 11) is 0. The molecule has 2 fully saturated rings. The Morgan fingerprint density at radius 1 is 1.13 bits per heavy atom. The molecule has 0 spiro atoms. The lowest BCUT2D eigenvalue weighted by Crippen LogP contribution is -2.55. The quantitative estimate of drug-likeness (QED) is 0.501. The summed E-state index contributed by atoms with van der Waals surface area (Å²) in [6.07, 6.45) is 5.29. The number of aromatic amines is 1. The van der Waals surface area contributed by atoms with Crippen LogP contribution in [0.1, 0.15) is 55.0 Å². The smallest absolute Gasteiger partial charge is 0.407 e. The van der Waals surface area contributed by atoms with Crippen molar-refractivity contribution in [2.24, 2.45) is 0 Å². The number of urea groups is 1. The Labute approximate surface area is 222 Å². The van der Waals surface area contributed by atoms with E-state index in [2.05, 4.69) is 35.1 Å². The number of aryl methyl sites for hydroxylation is 1. The SMILES string of the molecule is Cc1c[nH]c2ncc(-c3cc4c(c(C5CCCN5C(=O)O)c3)CN(C(=O)N3CCOC(C)(C)C3)CC4)cc12. The van der Waals surface area contributed by atoms with E-state index in [0.717, 1.165) is 58.1 Å². The number of nitrogens with one attached hydrogen (secondary N) is 1. The number of H-pyrrole nitrogens is 1. The van der Waals surface area contributed by atoms with Crippen molar-refractivity contribution in [1.82, 2.24) is 24.7 Å². The minimum Gasteiger partial charge on any atom is -0.465 e. The predicted octanol–water partition coefficient (Wildman–Crippen LogP) is 4.94. The first kappa shape index (κ1) is 24.7. The molecule has 3 aliphatic heterocycles. The van der Waals surface area contributed by atoms with Gasteiger partial charge in [-0.2, -0.15) is 0 Å². The second-order valence-electron chi connectivity index (χ2n) is 11.4. The Morgan fingerprint density at radius 2 is 1.97 bits per heavy atom. The first-order valence-electron chi connectivity index (χ1n) is 13.5. The summed E-state index contributed by atoms with van der Waals surface area (Å²) in [5.74, 6) is 0. The van der Waals surface area contributed by atoms with Crippen LogP contribution in [0.5, 0.6) is 0 Å². The molecule has 2 N–H and O–H groups in total. The number of hydrogen-bond acceptors (Lipinski definition) is 4. The fourth-order valence-electron chi connectivity index (χ4n) is 6.32. The standard InChI is InChI=1S/C29H35N5O4/c1-18-14-30-26-22(18)13-21(15-31-26)20-11-19-6-8-32(27(35)33-9-10-38-29(2,3)17-33)16-24(19)23(12-20)25-5-4-7-34(25)28(36)37/h11-15,25H,4-10,16-17H2,1-3H3,(H,30,31)(H,36,37). The number of likely N-dealkylation sites (tertiary alicyclic amines) is 1. The molecular formula is C29H35N5O4. The number of ether oxygens (including phenoxy) is 1. The summed E-state index contributed by atoms with van der Waals surface area (Å²) in [5.41, 5.74) is 6.99. The van der Waals surface area contributed by atoms with E-state index in [-0.39, 0.29) is 17.7 Å². The van der Waals surface area contributed by atoms with Crippen LogP contribution in [-0.4, -0.2) is 80.3 Å². The lowest BCUT2D eigenvalue weighted by molar-refractivity contribution is -0.0767. The Bertz CT molecular complexity index is 1410. The summed E-state index contributed by atoms with van der Waals surface area (Å²) in [6, 6.07) is 6.32. The predicted molar refractivity (Wildman–Crippen MR) is 144 cm³/mol. The summed E-state index contributed by atoms with van der Waals surface area (Å²) < 4.78 is 5.81. The van der Waals surface area contributed by atoms with E-state index >= 15 is 0 Å². The molecule has 0 bridgehead atoms. The van der Waals surface area contributed by atoms with Crippen LogP contribution in [0, 0.1) is 6.92 Å². The van der Waals surface area contributed by atoms with Gasteiger partial charge in [-0.3, -0.25) is 0 Å². The molecule has 1 atom stereocenters. The van der Waals surface area contributed by atoms with Crippen molar-refractivity contribution in [3.05, 3.63) is 52.8 Å². The monoisotopic (exact) mass is 517 g/mol. The zero-order chi connectivity index (χ0) is 26.6. The molecule has 2 aromatic heterocycles. The van der Waals surface area contributed by atoms with Gasteiger partial charge in [0.25, 0.3) is 0 Å². The van der Waals surface area contributed by atoms with Gasteiger partial charge < -0.3 is 29.5 Å². The second-order valence-corrected chi connectivity index (χ2v) is 11.4. The number of rotatable bonds is 2. The van der Waals surface area contributed by atoms with E-state index in [9.17, 15) is 14.7 Å². The van der Waals surface area contributed by atoms with Gasteiger partial charge in [0.15, 0.2) is 0 Å². The summed E-state index contributed by atoms with van der Waals surface area (Å²) >= 11 is 0. The van der Waals surface area contributed by atoms with Crippen molar-refractivity contribution in [3.8, 4) is 11.1 Å².